The number of phenols is 1. The van der Waals surface area contributed by atoms with Crippen LogP contribution in [-0.2, 0) is 6.42 Å². The molecule has 0 saturated carbocycles. The zero-order valence-corrected chi connectivity index (χ0v) is 13.2. The first-order valence-electron chi connectivity index (χ1n) is 7.20. The lowest BCUT2D eigenvalue weighted by atomic mass is 10.1. The quantitative estimate of drug-likeness (QED) is 0.724. The molecular formula is C16H27NOS. The smallest absolute Gasteiger partial charge is 0.115 e. The number of hydrogen-bond donors (Lipinski definition) is 2. The maximum atomic E-state index is 9.53. The van der Waals surface area contributed by atoms with Gasteiger partial charge in [0, 0.05) is 11.8 Å². The third-order valence-electron chi connectivity index (χ3n) is 2.85. The fraction of sp³-hybridized carbons (Fsp3) is 0.625. The summed E-state index contributed by atoms with van der Waals surface area (Å²) in [4.78, 5) is 0. The molecule has 108 valence electrons. The zero-order valence-electron chi connectivity index (χ0n) is 12.4. The molecule has 0 aromatic heterocycles. The summed E-state index contributed by atoms with van der Waals surface area (Å²) in [6, 6.07) is 8.10. The van der Waals surface area contributed by atoms with Crippen LogP contribution in [0.15, 0.2) is 24.3 Å². The molecular weight excluding hydrogens is 254 g/mol. The van der Waals surface area contributed by atoms with Crippen LogP contribution in [0.4, 0.5) is 0 Å². The van der Waals surface area contributed by atoms with Crippen molar-refractivity contribution in [2.45, 2.75) is 39.7 Å². The van der Waals surface area contributed by atoms with E-state index in [0.29, 0.717) is 11.8 Å². The molecule has 0 aliphatic rings. The van der Waals surface area contributed by atoms with E-state index in [-0.39, 0.29) is 0 Å². The normalized spacial score (nSPS) is 12.8. The average molecular weight is 281 g/mol. The van der Waals surface area contributed by atoms with Crippen molar-refractivity contribution < 1.29 is 5.11 Å². The van der Waals surface area contributed by atoms with E-state index >= 15 is 0 Å². The van der Waals surface area contributed by atoms with Gasteiger partial charge in [-0.25, -0.2) is 0 Å². The molecule has 0 aliphatic heterocycles. The Labute approximate surface area is 122 Å². The minimum Gasteiger partial charge on any atom is -0.508 e. The Morgan fingerprint density at radius 3 is 2.68 bits per heavy atom. The lowest BCUT2D eigenvalue weighted by Crippen LogP contribution is -2.34. The molecule has 1 aromatic carbocycles. The van der Waals surface area contributed by atoms with Crippen molar-refractivity contribution in [1.29, 1.82) is 0 Å². The summed E-state index contributed by atoms with van der Waals surface area (Å²) in [5.74, 6) is 3.46. The van der Waals surface area contributed by atoms with Crippen LogP contribution in [0.3, 0.4) is 0 Å². The van der Waals surface area contributed by atoms with E-state index in [1.54, 1.807) is 6.07 Å². The maximum Gasteiger partial charge on any atom is 0.115 e. The van der Waals surface area contributed by atoms with Gasteiger partial charge in [-0.05, 0) is 48.8 Å². The van der Waals surface area contributed by atoms with Gasteiger partial charge >= 0.3 is 0 Å². The Hall–Kier alpha value is -0.670. The van der Waals surface area contributed by atoms with E-state index in [1.807, 2.05) is 23.9 Å². The van der Waals surface area contributed by atoms with Crippen molar-refractivity contribution in [2.24, 2.45) is 5.92 Å². The SMILES string of the molecule is CCCNC(CSCC(C)C)Cc1cccc(O)c1. The van der Waals surface area contributed by atoms with Crippen molar-refractivity contribution in [3.63, 3.8) is 0 Å². The Bertz CT molecular complexity index is 354. The molecule has 0 aliphatic carbocycles. The third-order valence-corrected chi connectivity index (χ3v) is 4.39. The second-order valence-corrected chi connectivity index (χ2v) is 6.53. The largest absolute Gasteiger partial charge is 0.508 e. The van der Waals surface area contributed by atoms with Crippen LogP contribution in [0.2, 0.25) is 0 Å². The van der Waals surface area contributed by atoms with Crippen molar-refractivity contribution in [3.8, 4) is 5.75 Å². The number of phenolic OH excluding ortho intramolecular Hbond substituents is 1. The minimum atomic E-state index is 0.363. The lowest BCUT2D eigenvalue weighted by Gasteiger charge is -2.19. The monoisotopic (exact) mass is 281 g/mol. The first kappa shape index (κ1) is 16.4. The molecule has 1 unspecified atom stereocenters. The van der Waals surface area contributed by atoms with E-state index in [1.165, 1.54) is 11.3 Å². The van der Waals surface area contributed by atoms with Crippen molar-refractivity contribution in [1.82, 2.24) is 5.32 Å². The maximum absolute atomic E-state index is 9.53. The first-order chi connectivity index (χ1) is 9.11. The van der Waals surface area contributed by atoms with Gasteiger partial charge in [0.2, 0.25) is 0 Å². The van der Waals surface area contributed by atoms with E-state index in [4.69, 9.17) is 0 Å². The average Bonchev–Trinajstić information content (AvgIpc) is 2.35. The number of aromatic hydroxyl groups is 1. The summed E-state index contributed by atoms with van der Waals surface area (Å²) in [7, 11) is 0. The number of rotatable bonds is 9. The predicted octanol–water partition coefficient (Wildman–Crippen LogP) is 3.69. The molecule has 1 rings (SSSR count). The summed E-state index contributed by atoms with van der Waals surface area (Å²) in [5, 5.41) is 13.1. The number of benzene rings is 1. The van der Waals surface area contributed by atoms with Gasteiger partial charge in [0.15, 0.2) is 0 Å². The fourth-order valence-electron chi connectivity index (χ4n) is 1.95. The highest BCUT2D eigenvalue weighted by Crippen LogP contribution is 2.15. The van der Waals surface area contributed by atoms with Gasteiger partial charge in [-0.3, -0.25) is 0 Å². The topological polar surface area (TPSA) is 32.3 Å². The predicted molar refractivity (Wildman–Crippen MR) is 86.1 cm³/mol. The summed E-state index contributed by atoms with van der Waals surface area (Å²) >= 11 is 2.02. The Morgan fingerprint density at radius 1 is 1.26 bits per heavy atom. The third kappa shape index (κ3) is 7.48. The first-order valence-corrected chi connectivity index (χ1v) is 8.36. The molecule has 2 N–H and O–H groups in total. The van der Waals surface area contributed by atoms with Gasteiger partial charge in [0.1, 0.15) is 5.75 Å². The van der Waals surface area contributed by atoms with Gasteiger partial charge in [-0.1, -0.05) is 32.9 Å². The summed E-state index contributed by atoms with van der Waals surface area (Å²) in [5.41, 5.74) is 1.21. The molecule has 0 spiro atoms. The summed E-state index contributed by atoms with van der Waals surface area (Å²) < 4.78 is 0. The van der Waals surface area contributed by atoms with Crippen molar-refractivity contribution in [3.05, 3.63) is 29.8 Å². The summed E-state index contributed by atoms with van der Waals surface area (Å²) in [6.07, 6.45) is 2.14. The molecule has 2 nitrogen and oxygen atoms in total. The van der Waals surface area contributed by atoms with Gasteiger partial charge in [0.25, 0.3) is 0 Å². The van der Waals surface area contributed by atoms with Crippen molar-refractivity contribution >= 4 is 11.8 Å². The van der Waals surface area contributed by atoms with E-state index < -0.39 is 0 Å². The van der Waals surface area contributed by atoms with Gasteiger partial charge < -0.3 is 10.4 Å². The standard InChI is InChI=1S/C16H27NOS/c1-4-8-17-15(12-19-11-13(2)3)9-14-6-5-7-16(18)10-14/h5-7,10,13,15,17-18H,4,8-9,11-12H2,1-3H3. The summed E-state index contributed by atoms with van der Waals surface area (Å²) in [6.45, 7) is 7.78. The van der Waals surface area contributed by atoms with Crippen molar-refractivity contribution in [2.75, 3.05) is 18.1 Å². The Kier molecular flexibility index (Phi) is 7.99. The molecule has 0 bridgehead atoms. The van der Waals surface area contributed by atoms with Gasteiger partial charge in [-0.2, -0.15) is 11.8 Å². The second kappa shape index (κ2) is 9.27. The number of thioether (sulfide) groups is 1. The highest BCUT2D eigenvalue weighted by molar-refractivity contribution is 7.99. The van der Waals surface area contributed by atoms with Gasteiger partial charge in [0.05, 0.1) is 0 Å². The molecule has 0 saturated heterocycles. The van der Waals surface area contributed by atoms with Crippen LogP contribution in [0.5, 0.6) is 5.75 Å². The highest BCUT2D eigenvalue weighted by atomic mass is 32.2. The lowest BCUT2D eigenvalue weighted by molar-refractivity contribution is 0.473. The van der Waals surface area contributed by atoms with Crippen LogP contribution >= 0.6 is 11.8 Å². The van der Waals surface area contributed by atoms with Crippen LogP contribution in [0.1, 0.15) is 32.8 Å². The van der Waals surface area contributed by atoms with Crippen LogP contribution in [0.25, 0.3) is 0 Å². The van der Waals surface area contributed by atoms with E-state index in [2.05, 4.69) is 32.2 Å². The molecule has 1 aromatic rings. The van der Waals surface area contributed by atoms with E-state index in [9.17, 15) is 5.11 Å². The van der Waals surface area contributed by atoms with E-state index in [0.717, 1.165) is 31.1 Å². The minimum absolute atomic E-state index is 0.363. The highest BCUT2D eigenvalue weighted by Gasteiger charge is 2.10. The van der Waals surface area contributed by atoms with Crippen LogP contribution in [0, 0.1) is 5.92 Å². The molecule has 0 radical (unpaired) electrons. The number of nitrogens with one attached hydrogen (secondary N) is 1. The van der Waals surface area contributed by atoms with Crippen LogP contribution < -0.4 is 5.32 Å². The van der Waals surface area contributed by atoms with Gasteiger partial charge in [-0.15, -0.1) is 0 Å². The second-order valence-electron chi connectivity index (χ2n) is 5.46. The molecule has 19 heavy (non-hydrogen) atoms. The molecule has 0 heterocycles. The zero-order chi connectivity index (χ0) is 14.1. The molecule has 3 heteroatoms. The number of hydrogen-bond acceptors (Lipinski definition) is 3. The molecule has 1 atom stereocenters. The fourth-order valence-corrected chi connectivity index (χ4v) is 3.08. The molecule has 0 amide bonds. The Balaban J connectivity index is 2.48. The van der Waals surface area contributed by atoms with Crippen LogP contribution in [-0.4, -0.2) is 29.2 Å². The Morgan fingerprint density at radius 2 is 2.05 bits per heavy atom. The molecule has 0 fully saturated rings.